The highest BCUT2D eigenvalue weighted by molar-refractivity contribution is 5.94. The van der Waals surface area contributed by atoms with Crippen LogP contribution in [0.1, 0.15) is 46.4 Å². The average Bonchev–Trinajstić information content (AvgIpc) is 2.85. The molecular formula is C25H23F2N5O2. The maximum Gasteiger partial charge on any atom is 0.255 e. The Kier molecular flexibility index (Phi) is 6.77. The molecule has 0 radical (unpaired) electrons. The standard InChI is InChI=1S/C25H23F2N5O2/c1-15-9-19(13-30-31-15)25(33)32-8-7-20(16(2)34-24-6-3-17(11-28)12-29-24)21(14-32)18-4-5-22(26)23(27)10-18/h3-6,9-10,12-13,16,20-21H,7-8,14H2,1-2H3/t16-,20+,21+/m0/s1. The fraction of sp³-hybridized carbons (Fsp3) is 0.320. The number of likely N-dealkylation sites (tertiary alicyclic amines) is 1. The summed E-state index contributed by atoms with van der Waals surface area (Å²) in [5.41, 5.74) is 2.08. The maximum absolute atomic E-state index is 14.1. The number of carbonyl (C=O) groups excluding carboxylic acids is 1. The van der Waals surface area contributed by atoms with Crippen molar-refractivity contribution in [2.75, 3.05) is 13.1 Å². The van der Waals surface area contributed by atoms with E-state index < -0.39 is 11.6 Å². The molecule has 1 fully saturated rings. The quantitative estimate of drug-likeness (QED) is 0.567. The highest BCUT2D eigenvalue weighted by Crippen LogP contribution is 2.37. The number of hydrogen-bond donors (Lipinski definition) is 0. The molecule has 4 rings (SSSR count). The number of aromatic nitrogens is 3. The first-order valence-electron chi connectivity index (χ1n) is 10.9. The van der Waals surface area contributed by atoms with Gasteiger partial charge in [-0.2, -0.15) is 15.5 Å². The number of nitrogens with zero attached hydrogens (tertiary/aromatic N) is 5. The van der Waals surface area contributed by atoms with Crippen LogP contribution in [0.3, 0.4) is 0 Å². The number of hydrogen-bond acceptors (Lipinski definition) is 6. The van der Waals surface area contributed by atoms with Gasteiger partial charge in [0.15, 0.2) is 11.6 Å². The minimum Gasteiger partial charge on any atom is -0.474 e. The number of rotatable bonds is 5. The van der Waals surface area contributed by atoms with Gasteiger partial charge in [0.1, 0.15) is 12.2 Å². The lowest BCUT2D eigenvalue weighted by atomic mass is 9.77. The Bertz CT molecular complexity index is 1230. The fourth-order valence-corrected chi connectivity index (χ4v) is 4.38. The van der Waals surface area contributed by atoms with Crippen LogP contribution >= 0.6 is 0 Å². The number of aryl methyl sites for hydroxylation is 1. The topological polar surface area (TPSA) is 92.0 Å². The first kappa shape index (κ1) is 23.2. The van der Waals surface area contributed by atoms with Crippen LogP contribution < -0.4 is 4.74 Å². The predicted octanol–water partition coefficient (Wildman–Crippen LogP) is 4.04. The molecule has 0 unspecified atom stereocenters. The molecule has 3 aromatic rings. The molecule has 0 aliphatic carbocycles. The van der Waals surface area contributed by atoms with Crippen molar-refractivity contribution in [3.05, 3.63) is 82.8 Å². The van der Waals surface area contributed by atoms with Crippen LogP contribution in [0.15, 0.2) is 48.8 Å². The van der Waals surface area contributed by atoms with E-state index in [4.69, 9.17) is 10.00 Å². The zero-order valence-corrected chi connectivity index (χ0v) is 18.8. The van der Waals surface area contributed by atoms with E-state index in [0.29, 0.717) is 47.8 Å². The van der Waals surface area contributed by atoms with Gasteiger partial charge >= 0.3 is 0 Å². The molecule has 0 spiro atoms. The normalized spacial score (nSPS) is 18.7. The maximum atomic E-state index is 14.1. The van der Waals surface area contributed by atoms with Crippen molar-refractivity contribution in [2.24, 2.45) is 5.92 Å². The molecule has 0 bridgehead atoms. The number of amides is 1. The van der Waals surface area contributed by atoms with Crippen molar-refractivity contribution in [1.82, 2.24) is 20.1 Å². The van der Waals surface area contributed by atoms with Crippen LogP contribution in [-0.4, -0.2) is 45.2 Å². The SMILES string of the molecule is Cc1cc(C(=O)N2CC[C@H]([C@H](C)Oc3ccc(C#N)cn3)[C@@H](c3ccc(F)c(F)c3)C2)cnn1. The predicted molar refractivity (Wildman–Crippen MR) is 119 cm³/mol. The summed E-state index contributed by atoms with van der Waals surface area (Å²) in [7, 11) is 0. The average molecular weight is 463 g/mol. The van der Waals surface area contributed by atoms with E-state index in [0.717, 1.165) is 6.07 Å². The Hall–Kier alpha value is -3.93. The summed E-state index contributed by atoms with van der Waals surface area (Å²) in [6.45, 7) is 4.44. The molecule has 1 aromatic carbocycles. The van der Waals surface area contributed by atoms with Gasteiger partial charge in [0.25, 0.3) is 5.91 Å². The Morgan fingerprint density at radius 1 is 1.21 bits per heavy atom. The van der Waals surface area contributed by atoms with E-state index in [1.807, 2.05) is 13.0 Å². The Balaban J connectivity index is 1.59. The van der Waals surface area contributed by atoms with Crippen molar-refractivity contribution >= 4 is 5.91 Å². The highest BCUT2D eigenvalue weighted by Gasteiger charge is 2.37. The van der Waals surface area contributed by atoms with Gasteiger partial charge in [-0.25, -0.2) is 13.8 Å². The van der Waals surface area contributed by atoms with Gasteiger partial charge in [-0.05, 0) is 50.1 Å². The van der Waals surface area contributed by atoms with Crippen molar-refractivity contribution in [3.8, 4) is 11.9 Å². The number of benzene rings is 1. The van der Waals surface area contributed by atoms with Gasteiger partial charge in [-0.15, -0.1) is 0 Å². The van der Waals surface area contributed by atoms with Crippen LogP contribution in [0.25, 0.3) is 0 Å². The molecule has 174 valence electrons. The van der Waals surface area contributed by atoms with Crippen molar-refractivity contribution in [2.45, 2.75) is 32.3 Å². The zero-order valence-electron chi connectivity index (χ0n) is 18.8. The monoisotopic (exact) mass is 463 g/mol. The molecule has 7 nitrogen and oxygen atoms in total. The van der Waals surface area contributed by atoms with E-state index in [-0.39, 0.29) is 23.8 Å². The Morgan fingerprint density at radius 2 is 2.03 bits per heavy atom. The first-order valence-corrected chi connectivity index (χ1v) is 10.9. The van der Waals surface area contributed by atoms with Gasteiger partial charge in [-0.3, -0.25) is 4.79 Å². The Morgan fingerprint density at radius 3 is 2.71 bits per heavy atom. The molecule has 2 aromatic heterocycles. The molecule has 1 amide bonds. The van der Waals surface area contributed by atoms with Crippen molar-refractivity contribution in [3.63, 3.8) is 0 Å². The Labute approximate surface area is 196 Å². The molecule has 3 heterocycles. The number of ether oxygens (including phenoxy) is 1. The van der Waals surface area contributed by atoms with E-state index in [2.05, 4.69) is 15.2 Å². The number of piperidine rings is 1. The van der Waals surface area contributed by atoms with Crippen molar-refractivity contribution < 1.29 is 18.3 Å². The van der Waals surface area contributed by atoms with Gasteiger partial charge in [-0.1, -0.05) is 6.07 Å². The summed E-state index contributed by atoms with van der Waals surface area (Å²) in [6.07, 6.45) is 3.11. The first-order chi connectivity index (χ1) is 16.4. The summed E-state index contributed by atoms with van der Waals surface area (Å²) in [5, 5.41) is 16.7. The van der Waals surface area contributed by atoms with Crippen LogP contribution in [-0.2, 0) is 0 Å². The summed E-state index contributed by atoms with van der Waals surface area (Å²) in [4.78, 5) is 19.0. The van der Waals surface area contributed by atoms with E-state index in [1.54, 1.807) is 36.1 Å². The minimum atomic E-state index is -0.934. The molecule has 3 atom stereocenters. The second-order valence-electron chi connectivity index (χ2n) is 8.39. The lowest BCUT2D eigenvalue weighted by Crippen LogP contribution is -2.46. The summed E-state index contributed by atoms with van der Waals surface area (Å²) in [5.74, 6) is -2.07. The van der Waals surface area contributed by atoms with Gasteiger partial charge in [0.2, 0.25) is 5.88 Å². The summed E-state index contributed by atoms with van der Waals surface area (Å²) >= 11 is 0. The van der Waals surface area contributed by atoms with Gasteiger partial charge in [0, 0.05) is 37.2 Å². The summed E-state index contributed by atoms with van der Waals surface area (Å²) in [6, 6.07) is 10.8. The molecule has 0 saturated carbocycles. The molecule has 1 aliphatic rings. The van der Waals surface area contributed by atoms with E-state index in [1.165, 1.54) is 18.5 Å². The third-order valence-corrected chi connectivity index (χ3v) is 6.12. The highest BCUT2D eigenvalue weighted by atomic mass is 19.2. The lowest BCUT2D eigenvalue weighted by molar-refractivity contribution is 0.0483. The number of pyridine rings is 1. The number of carbonyl (C=O) groups is 1. The second kappa shape index (κ2) is 9.91. The zero-order chi connectivity index (χ0) is 24.2. The van der Waals surface area contributed by atoms with Crippen LogP contribution in [0.4, 0.5) is 8.78 Å². The van der Waals surface area contributed by atoms with Gasteiger partial charge < -0.3 is 9.64 Å². The number of halogens is 2. The van der Waals surface area contributed by atoms with Crippen molar-refractivity contribution in [1.29, 1.82) is 5.26 Å². The molecule has 1 saturated heterocycles. The molecule has 1 aliphatic heterocycles. The molecular weight excluding hydrogens is 440 g/mol. The van der Waals surface area contributed by atoms with Crippen LogP contribution in [0.2, 0.25) is 0 Å². The van der Waals surface area contributed by atoms with E-state index in [9.17, 15) is 13.6 Å². The summed E-state index contributed by atoms with van der Waals surface area (Å²) < 4.78 is 33.8. The molecule has 9 heteroatoms. The number of nitriles is 1. The third kappa shape index (κ3) is 5.01. The lowest BCUT2D eigenvalue weighted by Gasteiger charge is -2.41. The fourth-order valence-electron chi connectivity index (χ4n) is 4.38. The molecule has 0 N–H and O–H groups in total. The minimum absolute atomic E-state index is 0.0938. The van der Waals surface area contributed by atoms with Gasteiger partial charge in [0.05, 0.1) is 23.0 Å². The second-order valence-corrected chi connectivity index (χ2v) is 8.39. The smallest absolute Gasteiger partial charge is 0.255 e. The third-order valence-electron chi connectivity index (χ3n) is 6.12. The molecule has 34 heavy (non-hydrogen) atoms. The largest absolute Gasteiger partial charge is 0.474 e. The van der Waals surface area contributed by atoms with E-state index >= 15 is 0 Å². The van der Waals surface area contributed by atoms with Crippen LogP contribution in [0, 0.1) is 35.8 Å². The van der Waals surface area contributed by atoms with Crippen LogP contribution in [0.5, 0.6) is 5.88 Å².